The molecule has 5 nitrogen and oxygen atoms in total. The van der Waals surface area contributed by atoms with Crippen LogP contribution in [0.4, 0.5) is 0 Å². The van der Waals surface area contributed by atoms with E-state index in [0.29, 0.717) is 16.1 Å². The van der Waals surface area contributed by atoms with Crippen LogP contribution in [-0.4, -0.2) is 50.3 Å². The summed E-state index contributed by atoms with van der Waals surface area (Å²) in [5.41, 5.74) is 1.42. The van der Waals surface area contributed by atoms with Crippen molar-refractivity contribution in [3.63, 3.8) is 0 Å². The van der Waals surface area contributed by atoms with Gasteiger partial charge in [-0.2, -0.15) is 0 Å². The number of carboxylic acid groups (broad SMARTS) is 2. The van der Waals surface area contributed by atoms with Crippen LogP contribution in [0, 0.1) is 0 Å². The maximum Gasteiger partial charge on any atom is 2.00 e. The van der Waals surface area contributed by atoms with Gasteiger partial charge in [-0.15, -0.1) is 0 Å². The predicted molar refractivity (Wildman–Crippen MR) is 145 cm³/mol. The quantitative estimate of drug-likeness (QED) is 0.317. The average Bonchev–Trinajstić information content (AvgIpc) is 2.86. The first kappa shape index (κ1) is 32.0. The number of carboxylic acids is 2. The summed E-state index contributed by atoms with van der Waals surface area (Å²) in [6, 6.07) is 22.5. The van der Waals surface area contributed by atoms with E-state index in [9.17, 15) is 19.8 Å². The standard InChI is InChI=1S/C13H17NS.2C7H5ClO2.Pb/c15-13(11-7-3-1-4-8-11)14-12-9-5-2-6-10-12;2*8-6-3-1-5(2-4-6)7(9)10;/h1,3-4,7-8,12H,2,5-6,9-10H2,(H,14,15);2*1-4H,(H,9,10);/q;;;+2/p-2. The van der Waals surface area contributed by atoms with Gasteiger partial charge in [0.05, 0.1) is 11.9 Å². The Kier molecular flexibility index (Phi) is 15.5. The van der Waals surface area contributed by atoms with Crippen molar-refractivity contribution in [1.29, 1.82) is 0 Å². The Morgan fingerprint density at radius 3 is 1.50 bits per heavy atom. The van der Waals surface area contributed by atoms with Crippen LogP contribution in [0.2, 0.25) is 10.0 Å². The molecule has 36 heavy (non-hydrogen) atoms. The second kappa shape index (κ2) is 17.4. The first-order valence-corrected chi connectivity index (χ1v) is 12.2. The zero-order valence-corrected chi connectivity index (χ0v) is 25.6. The number of carbonyl (C=O) groups is 2. The van der Waals surface area contributed by atoms with E-state index in [-0.39, 0.29) is 38.4 Å². The third-order valence-electron chi connectivity index (χ3n) is 5.14. The van der Waals surface area contributed by atoms with Gasteiger partial charge in [0.25, 0.3) is 0 Å². The zero-order valence-electron chi connectivity index (χ0n) is 19.4. The molecule has 3 aromatic rings. The molecule has 3 aromatic carbocycles. The molecule has 9 heteroatoms. The molecule has 1 aliphatic rings. The first-order valence-electron chi connectivity index (χ1n) is 11.1. The molecule has 1 saturated carbocycles. The van der Waals surface area contributed by atoms with Gasteiger partial charge in [0.15, 0.2) is 0 Å². The summed E-state index contributed by atoms with van der Waals surface area (Å²) in [5.74, 6) is -2.37. The van der Waals surface area contributed by atoms with E-state index in [1.165, 1.54) is 80.6 Å². The summed E-state index contributed by atoms with van der Waals surface area (Å²) in [6.07, 6.45) is 6.61. The van der Waals surface area contributed by atoms with Crippen molar-refractivity contribution < 1.29 is 19.8 Å². The summed E-state index contributed by atoms with van der Waals surface area (Å²) in [4.78, 5) is 21.2. The van der Waals surface area contributed by atoms with Crippen LogP contribution in [-0.2, 0) is 0 Å². The third-order valence-corrected chi connectivity index (χ3v) is 5.99. The Hall–Kier alpha value is -2.01. The largest absolute Gasteiger partial charge is 2.00 e. The van der Waals surface area contributed by atoms with Crippen molar-refractivity contribution in [3.8, 4) is 0 Å². The average molecular weight is 738 g/mol. The number of halogens is 2. The molecule has 0 atom stereocenters. The minimum atomic E-state index is -1.18. The van der Waals surface area contributed by atoms with Crippen molar-refractivity contribution in [2.75, 3.05) is 0 Å². The first-order chi connectivity index (χ1) is 16.8. The molecule has 0 aliphatic heterocycles. The van der Waals surface area contributed by atoms with E-state index in [1.807, 2.05) is 18.2 Å². The van der Waals surface area contributed by atoms with E-state index in [4.69, 9.17) is 35.4 Å². The molecule has 4 rings (SSSR count). The summed E-state index contributed by atoms with van der Waals surface area (Å²) in [6.45, 7) is 0. The Morgan fingerprint density at radius 2 is 1.11 bits per heavy atom. The van der Waals surface area contributed by atoms with E-state index in [0.717, 1.165) is 10.6 Å². The Bertz CT molecular complexity index is 1040. The van der Waals surface area contributed by atoms with Gasteiger partial charge in [0.2, 0.25) is 0 Å². The smallest absolute Gasteiger partial charge is 0.545 e. The number of benzene rings is 3. The van der Waals surface area contributed by atoms with Crippen molar-refractivity contribution in [3.05, 3.63) is 106 Å². The van der Waals surface area contributed by atoms with E-state index < -0.39 is 11.9 Å². The van der Waals surface area contributed by atoms with Crippen molar-refractivity contribution in [2.24, 2.45) is 0 Å². The van der Waals surface area contributed by atoms with E-state index in [1.54, 1.807) is 0 Å². The maximum absolute atomic E-state index is 10.2. The number of nitrogens with one attached hydrogen (secondary N) is 1. The van der Waals surface area contributed by atoms with Crippen LogP contribution in [0.3, 0.4) is 0 Å². The van der Waals surface area contributed by atoms with Crippen molar-refractivity contribution in [1.82, 2.24) is 5.32 Å². The molecule has 0 spiro atoms. The van der Waals surface area contributed by atoms with Crippen LogP contribution in [0.15, 0.2) is 78.9 Å². The van der Waals surface area contributed by atoms with Gasteiger partial charge in [-0.25, -0.2) is 0 Å². The molecule has 0 unspecified atom stereocenters. The van der Waals surface area contributed by atoms with Crippen LogP contribution >= 0.6 is 35.4 Å². The zero-order chi connectivity index (χ0) is 25.6. The molecule has 0 bridgehead atoms. The predicted octanol–water partition coefficient (Wildman–Crippen LogP) is 4.31. The van der Waals surface area contributed by atoms with Crippen molar-refractivity contribution >= 4 is 79.6 Å². The topological polar surface area (TPSA) is 92.3 Å². The molecule has 0 saturated heterocycles. The minimum Gasteiger partial charge on any atom is -0.545 e. The fourth-order valence-corrected chi connectivity index (χ4v) is 3.83. The summed E-state index contributed by atoms with van der Waals surface area (Å²) in [7, 11) is 0. The van der Waals surface area contributed by atoms with Gasteiger partial charge in [-0.3, -0.25) is 0 Å². The molecule has 0 amide bonds. The van der Waals surface area contributed by atoms with Crippen molar-refractivity contribution in [2.45, 2.75) is 38.1 Å². The summed E-state index contributed by atoms with van der Waals surface area (Å²) < 4.78 is 0. The van der Waals surface area contributed by atoms with Gasteiger partial charge in [-0.05, 0) is 48.2 Å². The Labute approximate surface area is 247 Å². The van der Waals surface area contributed by atoms with Gasteiger partial charge < -0.3 is 25.1 Å². The number of hydrogen-bond donors (Lipinski definition) is 1. The van der Waals surface area contributed by atoms with Crippen LogP contribution in [0.25, 0.3) is 0 Å². The second-order valence-corrected chi connectivity index (χ2v) is 9.04. The van der Waals surface area contributed by atoms with Gasteiger partial charge >= 0.3 is 27.3 Å². The monoisotopic (exact) mass is 737 g/mol. The minimum absolute atomic E-state index is 0. The van der Waals surface area contributed by atoms with Crippen LogP contribution in [0.1, 0.15) is 58.4 Å². The SMILES string of the molecule is O=C([O-])c1ccc(Cl)cc1.O=C([O-])c1ccc(Cl)cc1.S=C(NC1CCCCC1)c1ccccc1.[Pb+2]. The molecule has 1 fully saturated rings. The number of hydrogen-bond acceptors (Lipinski definition) is 5. The third kappa shape index (κ3) is 12.3. The van der Waals surface area contributed by atoms with Crippen LogP contribution in [0.5, 0.6) is 0 Å². The molecule has 1 aliphatic carbocycles. The fraction of sp³-hybridized carbons (Fsp3) is 0.222. The normalized spacial score (nSPS) is 12.4. The van der Waals surface area contributed by atoms with Gasteiger partial charge in [-0.1, -0.05) is 109 Å². The fourth-order valence-electron chi connectivity index (χ4n) is 3.28. The molecule has 0 heterocycles. The molecule has 2 radical (unpaired) electrons. The maximum atomic E-state index is 10.2. The number of thiocarbonyl (C=S) groups is 1. The van der Waals surface area contributed by atoms with Gasteiger partial charge in [0.1, 0.15) is 4.99 Å². The summed E-state index contributed by atoms with van der Waals surface area (Å²) >= 11 is 16.4. The number of rotatable bonds is 4. The molecule has 186 valence electrons. The molecular weight excluding hydrogens is 712 g/mol. The number of aromatic carboxylic acids is 2. The second-order valence-electron chi connectivity index (χ2n) is 7.76. The number of carbonyl (C=O) groups excluding carboxylic acids is 2. The van der Waals surface area contributed by atoms with E-state index >= 15 is 0 Å². The van der Waals surface area contributed by atoms with Gasteiger partial charge in [0, 0.05) is 21.7 Å². The van der Waals surface area contributed by atoms with Crippen LogP contribution < -0.4 is 15.5 Å². The summed E-state index contributed by atoms with van der Waals surface area (Å²) in [5, 5.41) is 24.8. The molecule has 1 N–H and O–H groups in total. The Morgan fingerprint density at radius 1 is 0.694 bits per heavy atom. The Balaban J connectivity index is 0.000000276. The molecule has 0 aromatic heterocycles. The molecular formula is C27H25Cl2NO4PbS. The van der Waals surface area contributed by atoms with E-state index in [2.05, 4.69) is 17.4 Å².